The molecule has 23 heavy (non-hydrogen) atoms. The van der Waals surface area contributed by atoms with Crippen LogP contribution in [0.3, 0.4) is 0 Å². The van der Waals surface area contributed by atoms with Crippen LogP contribution in [0.25, 0.3) is 10.1 Å². The molecule has 8 heteroatoms. The number of halogens is 3. The van der Waals surface area contributed by atoms with E-state index < -0.39 is 11.8 Å². The first-order chi connectivity index (χ1) is 11.0. The highest BCUT2D eigenvalue weighted by Gasteiger charge is 2.22. The van der Waals surface area contributed by atoms with Gasteiger partial charge >= 0.3 is 5.97 Å². The highest BCUT2D eigenvalue weighted by molar-refractivity contribution is 14.1. The van der Waals surface area contributed by atoms with Gasteiger partial charge in [-0.3, -0.25) is 0 Å². The van der Waals surface area contributed by atoms with Gasteiger partial charge in [-0.15, -0.1) is 11.3 Å². The van der Waals surface area contributed by atoms with Gasteiger partial charge in [0.05, 0.1) is 17.5 Å². The van der Waals surface area contributed by atoms with E-state index in [0.717, 1.165) is 3.57 Å². The molecule has 1 aromatic carbocycles. The third-order valence-corrected chi connectivity index (χ3v) is 5.03. The van der Waals surface area contributed by atoms with Crippen molar-refractivity contribution in [3.05, 3.63) is 49.7 Å². The van der Waals surface area contributed by atoms with E-state index in [2.05, 4.69) is 10.3 Å². The van der Waals surface area contributed by atoms with Gasteiger partial charge in [-0.25, -0.2) is 14.2 Å². The smallest absolute Gasteiger partial charge is 0.343 e. The molecule has 0 aliphatic heterocycles. The van der Waals surface area contributed by atoms with Crippen molar-refractivity contribution in [3.8, 4) is 0 Å². The Bertz CT molecular complexity index is 916. The molecule has 0 fully saturated rings. The number of nitrogens with zero attached hydrogens (tertiary/aromatic N) is 1. The van der Waals surface area contributed by atoms with Crippen molar-refractivity contribution in [2.75, 3.05) is 12.4 Å². The number of nitrogens with one attached hydrogen (secondary N) is 1. The molecule has 0 radical (unpaired) electrons. The lowest BCUT2D eigenvalue weighted by molar-refractivity contribution is 0.0604. The zero-order chi connectivity index (χ0) is 16.6. The fourth-order valence-corrected chi connectivity index (χ4v) is 3.77. The van der Waals surface area contributed by atoms with E-state index >= 15 is 0 Å². The number of pyridine rings is 1. The standard InChI is InChI=1S/C15H9ClFIN2O2S/c1-22-15(21)11-12-8(4-5-23-12)13(16)20-14(11)19-10-3-2-7(18)6-9(10)17/h2-6H,1H3,(H,19,20). The number of rotatable bonds is 3. The van der Waals surface area contributed by atoms with Crippen molar-refractivity contribution in [2.24, 2.45) is 0 Å². The Morgan fingerprint density at radius 1 is 1.43 bits per heavy atom. The van der Waals surface area contributed by atoms with Crippen LogP contribution < -0.4 is 5.32 Å². The molecule has 0 saturated carbocycles. The zero-order valence-electron chi connectivity index (χ0n) is 11.7. The fraction of sp³-hybridized carbons (Fsp3) is 0.0667. The molecule has 0 amide bonds. The highest BCUT2D eigenvalue weighted by Crippen LogP contribution is 2.35. The summed E-state index contributed by atoms with van der Waals surface area (Å²) in [5.74, 6) is -0.844. The maximum absolute atomic E-state index is 14.1. The summed E-state index contributed by atoms with van der Waals surface area (Å²) >= 11 is 9.52. The number of ether oxygens (including phenoxy) is 1. The molecule has 0 spiro atoms. The Morgan fingerprint density at radius 3 is 2.91 bits per heavy atom. The van der Waals surface area contributed by atoms with Crippen molar-refractivity contribution in [1.82, 2.24) is 4.98 Å². The number of methoxy groups -OCH3 is 1. The number of hydrogen-bond donors (Lipinski definition) is 1. The molecule has 3 aromatic rings. The largest absolute Gasteiger partial charge is 0.465 e. The van der Waals surface area contributed by atoms with Crippen LogP contribution in [0.5, 0.6) is 0 Å². The molecule has 118 valence electrons. The van der Waals surface area contributed by atoms with Gasteiger partial charge in [0, 0.05) is 8.96 Å². The van der Waals surface area contributed by atoms with Crippen LogP contribution in [0.15, 0.2) is 29.6 Å². The average Bonchev–Trinajstić information content (AvgIpc) is 2.99. The second kappa shape index (κ2) is 6.58. The molecule has 0 bridgehead atoms. The number of aromatic nitrogens is 1. The number of hydrogen-bond acceptors (Lipinski definition) is 5. The first-order valence-electron chi connectivity index (χ1n) is 6.38. The summed E-state index contributed by atoms with van der Waals surface area (Å²) in [6, 6.07) is 6.48. The minimum absolute atomic E-state index is 0.164. The van der Waals surface area contributed by atoms with Crippen LogP contribution in [0.2, 0.25) is 5.15 Å². The molecule has 0 aliphatic carbocycles. The van der Waals surface area contributed by atoms with Crippen LogP contribution in [0, 0.1) is 9.39 Å². The van der Waals surface area contributed by atoms with Crippen LogP contribution >= 0.6 is 45.5 Å². The second-order valence-electron chi connectivity index (χ2n) is 4.53. The van der Waals surface area contributed by atoms with E-state index in [1.807, 2.05) is 22.6 Å². The zero-order valence-corrected chi connectivity index (χ0v) is 15.4. The SMILES string of the molecule is COC(=O)c1c(Nc2ccc(I)cc2F)nc(Cl)c2ccsc12. The van der Waals surface area contributed by atoms with E-state index in [4.69, 9.17) is 16.3 Å². The molecule has 4 nitrogen and oxygen atoms in total. The maximum atomic E-state index is 14.1. The number of carbonyl (C=O) groups excluding carboxylic acids is 1. The molecule has 3 rings (SSSR count). The number of benzene rings is 1. The number of carbonyl (C=O) groups is 1. The molecule has 0 unspecified atom stereocenters. The summed E-state index contributed by atoms with van der Waals surface area (Å²) < 4.78 is 20.3. The highest BCUT2D eigenvalue weighted by atomic mass is 127. The van der Waals surface area contributed by atoms with Crippen LogP contribution in [-0.2, 0) is 4.74 Å². The van der Waals surface area contributed by atoms with Crippen molar-refractivity contribution >= 4 is 73.1 Å². The third-order valence-electron chi connectivity index (χ3n) is 3.14. The van der Waals surface area contributed by atoms with Gasteiger partial charge in [0.15, 0.2) is 0 Å². The van der Waals surface area contributed by atoms with Gasteiger partial charge in [-0.2, -0.15) is 0 Å². The quantitative estimate of drug-likeness (QED) is 0.329. The Morgan fingerprint density at radius 2 is 2.22 bits per heavy atom. The van der Waals surface area contributed by atoms with E-state index in [1.54, 1.807) is 23.6 Å². The van der Waals surface area contributed by atoms with Gasteiger partial charge in [-0.05, 0) is 52.2 Å². The van der Waals surface area contributed by atoms with E-state index in [9.17, 15) is 9.18 Å². The Labute approximate surface area is 153 Å². The Kier molecular flexibility index (Phi) is 4.69. The summed E-state index contributed by atoms with van der Waals surface area (Å²) in [6.45, 7) is 0. The van der Waals surface area contributed by atoms with E-state index in [-0.39, 0.29) is 22.2 Å². The van der Waals surface area contributed by atoms with Gasteiger partial charge in [0.1, 0.15) is 22.4 Å². The van der Waals surface area contributed by atoms with Crippen molar-refractivity contribution < 1.29 is 13.9 Å². The van der Waals surface area contributed by atoms with E-state index in [0.29, 0.717) is 10.1 Å². The summed E-state index contributed by atoms with van der Waals surface area (Å²) in [6.07, 6.45) is 0. The van der Waals surface area contributed by atoms with Crippen LogP contribution in [0.4, 0.5) is 15.9 Å². The fourth-order valence-electron chi connectivity index (χ4n) is 2.09. The molecular weight excluding hydrogens is 454 g/mol. The van der Waals surface area contributed by atoms with Crippen LogP contribution in [-0.4, -0.2) is 18.1 Å². The summed E-state index contributed by atoms with van der Waals surface area (Å²) in [4.78, 5) is 16.3. The van der Waals surface area contributed by atoms with Gasteiger partial charge in [0.2, 0.25) is 0 Å². The summed E-state index contributed by atoms with van der Waals surface area (Å²) in [5.41, 5.74) is 0.440. The van der Waals surface area contributed by atoms with Crippen molar-refractivity contribution in [1.29, 1.82) is 0 Å². The lowest BCUT2D eigenvalue weighted by Gasteiger charge is -2.12. The van der Waals surface area contributed by atoms with Crippen molar-refractivity contribution in [2.45, 2.75) is 0 Å². The van der Waals surface area contributed by atoms with Gasteiger partial charge < -0.3 is 10.1 Å². The first kappa shape index (κ1) is 16.4. The normalized spacial score (nSPS) is 10.8. The molecule has 2 aromatic heterocycles. The summed E-state index contributed by atoms with van der Waals surface area (Å²) in [5, 5.41) is 5.54. The molecular formula is C15H9ClFIN2O2S. The number of anilines is 2. The lowest BCUT2D eigenvalue weighted by Crippen LogP contribution is -2.08. The molecule has 0 atom stereocenters. The summed E-state index contributed by atoms with van der Waals surface area (Å²) in [7, 11) is 1.28. The monoisotopic (exact) mass is 462 g/mol. The molecule has 0 saturated heterocycles. The second-order valence-corrected chi connectivity index (χ2v) is 7.05. The van der Waals surface area contributed by atoms with Crippen LogP contribution in [0.1, 0.15) is 10.4 Å². The van der Waals surface area contributed by atoms with Crippen molar-refractivity contribution in [3.63, 3.8) is 0 Å². The minimum Gasteiger partial charge on any atom is -0.465 e. The predicted molar refractivity (Wildman–Crippen MR) is 98.4 cm³/mol. The first-order valence-corrected chi connectivity index (χ1v) is 8.72. The average molecular weight is 463 g/mol. The molecule has 0 aliphatic rings. The lowest BCUT2D eigenvalue weighted by atomic mass is 10.2. The molecule has 1 N–H and O–H groups in total. The topological polar surface area (TPSA) is 51.2 Å². The third kappa shape index (κ3) is 3.13. The number of esters is 1. The number of fused-ring (bicyclic) bond motifs is 1. The Balaban J connectivity index is 2.17. The van der Waals surface area contributed by atoms with Gasteiger partial charge in [-0.1, -0.05) is 11.6 Å². The minimum atomic E-state index is -0.560. The van der Waals surface area contributed by atoms with Gasteiger partial charge in [0.25, 0.3) is 0 Å². The molecule has 2 heterocycles. The Hall–Kier alpha value is -1.45. The maximum Gasteiger partial charge on any atom is 0.343 e. The number of thiophene rings is 1. The predicted octanol–water partition coefficient (Wildman–Crippen LogP) is 5.22. The van der Waals surface area contributed by atoms with E-state index in [1.165, 1.54) is 24.5 Å².